The monoisotopic (exact) mass is 354 g/mol. The molecule has 0 aliphatic heterocycles. The molecular weight excluding hydrogens is 328 g/mol. The number of benzene rings is 3. The van der Waals surface area contributed by atoms with Crippen molar-refractivity contribution in [1.82, 2.24) is 0 Å². The van der Waals surface area contributed by atoms with Gasteiger partial charge in [-0.2, -0.15) is 0 Å². The van der Waals surface area contributed by atoms with Crippen LogP contribution < -0.4 is 4.74 Å². The summed E-state index contributed by atoms with van der Waals surface area (Å²) < 4.78 is 5.34. The smallest absolute Gasteiger partial charge is 0.118 e. The van der Waals surface area contributed by atoms with Crippen molar-refractivity contribution in [2.45, 2.75) is 33.1 Å². The lowest BCUT2D eigenvalue weighted by Gasteiger charge is -2.29. The van der Waals surface area contributed by atoms with E-state index in [1.807, 2.05) is 30.3 Å². The van der Waals surface area contributed by atoms with Crippen molar-refractivity contribution in [2.24, 2.45) is 0 Å². The minimum Gasteiger partial charge on any atom is -0.497 e. The summed E-state index contributed by atoms with van der Waals surface area (Å²) in [5.74, 6) is 7.85. The predicted octanol–water partition coefficient (Wildman–Crippen LogP) is 5.98. The van der Waals surface area contributed by atoms with Crippen molar-refractivity contribution >= 4 is 0 Å². The molecule has 3 aromatic rings. The molecule has 27 heavy (non-hydrogen) atoms. The summed E-state index contributed by atoms with van der Waals surface area (Å²) in [6, 6.07) is 22.9. The molecule has 0 aromatic heterocycles. The van der Waals surface area contributed by atoms with Crippen LogP contribution in [-0.2, 0) is 5.41 Å². The second-order valence-electron chi connectivity index (χ2n) is 7.24. The van der Waals surface area contributed by atoms with Crippen molar-refractivity contribution < 1.29 is 4.74 Å². The van der Waals surface area contributed by atoms with Crippen LogP contribution >= 0.6 is 0 Å². The van der Waals surface area contributed by atoms with Gasteiger partial charge in [0.1, 0.15) is 5.75 Å². The third-order valence-corrected chi connectivity index (χ3v) is 5.08. The highest BCUT2D eigenvalue weighted by atomic mass is 16.5. The normalized spacial score (nSPS) is 12.6. The van der Waals surface area contributed by atoms with Crippen LogP contribution in [0.2, 0.25) is 0 Å². The third kappa shape index (κ3) is 3.91. The molecule has 0 amide bonds. The first-order chi connectivity index (χ1) is 12.9. The molecular formula is C26H26O. The minimum atomic E-state index is -0.413. The van der Waals surface area contributed by atoms with Gasteiger partial charge in [0.15, 0.2) is 0 Å². The lowest BCUT2D eigenvalue weighted by Crippen LogP contribution is -2.24. The number of hydrogen-bond acceptors (Lipinski definition) is 1. The van der Waals surface area contributed by atoms with E-state index in [-0.39, 0.29) is 0 Å². The Labute approximate surface area is 163 Å². The highest BCUT2D eigenvalue weighted by molar-refractivity contribution is 5.56. The van der Waals surface area contributed by atoms with Crippen LogP contribution in [0.3, 0.4) is 0 Å². The van der Waals surface area contributed by atoms with Crippen LogP contribution in [0.25, 0.3) is 0 Å². The van der Waals surface area contributed by atoms with Crippen LogP contribution in [0.4, 0.5) is 0 Å². The Morgan fingerprint density at radius 1 is 0.815 bits per heavy atom. The average Bonchev–Trinajstić information content (AvgIpc) is 2.66. The molecule has 1 atom stereocenters. The Morgan fingerprint density at radius 3 is 1.96 bits per heavy atom. The summed E-state index contributed by atoms with van der Waals surface area (Å²) in [5.41, 5.74) is 6.88. The van der Waals surface area contributed by atoms with Gasteiger partial charge in [0.05, 0.1) is 12.5 Å². The van der Waals surface area contributed by atoms with Gasteiger partial charge in [-0.15, -0.1) is 0 Å². The average molecular weight is 354 g/mol. The second-order valence-corrected chi connectivity index (χ2v) is 7.24. The Morgan fingerprint density at radius 2 is 1.41 bits per heavy atom. The zero-order valence-electron chi connectivity index (χ0n) is 16.8. The van der Waals surface area contributed by atoms with E-state index < -0.39 is 5.41 Å². The van der Waals surface area contributed by atoms with E-state index in [0.717, 1.165) is 11.3 Å². The fourth-order valence-electron chi connectivity index (χ4n) is 3.89. The molecule has 3 aromatic carbocycles. The number of hydrogen-bond donors (Lipinski definition) is 0. The topological polar surface area (TPSA) is 9.23 Å². The standard InChI is InChI=1S/C26H26O/c1-19-17-20(2)25(21(3)18-19)26(4,16-15-22-9-7-6-8-10-22)23-11-13-24(27-5)14-12-23/h6-14,17-18H,1-5H3/t26-/m1/s1. The largest absolute Gasteiger partial charge is 0.497 e. The van der Waals surface area contributed by atoms with Gasteiger partial charge in [0.25, 0.3) is 0 Å². The van der Waals surface area contributed by atoms with E-state index in [2.05, 4.69) is 75.9 Å². The highest BCUT2D eigenvalue weighted by Gasteiger charge is 2.30. The molecule has 0 bridgehead atoms. The summed E-state index contributed by atoms with van der Waals surface area (Å²) in [5, 5.41) is 0. The first kappa shape index (κ1) is 18.8. The van der Waals surface area contributed by atoms with Crippen LogP contribution in [0.15, 0.2) is 66.7 Å². The second kappa shape index (κ2) is 7.72. The van der Waals surface area contributed by atoms with Crippen molar-refractivity contribution in [3.63, 3.8) is 0 Å². The van der Waals surface area contributed by atoms with Gasteiger partial charge in [-0.25, -0.2) is 0 Å². The van der Waals surface area contributed by atoms with Gasteiger partial charge < -0.3 is 4.74 Å². The molecule has 3 rings (SSSR count). The van der Waals surface area contributed by atoms with Gasteiger partial charge in [0, 0.05) is 5.56 Å². The maximum Gasteiger partial charge on any atom is 0.118 e. The molecule has 0 heterocycles. The minimum absolute atomic E-state index is 0.413. The summed E-state index contributed by atoms with van der Waals surface area (Å²) >= 11 is 0. The van der Waals surface area contributed by atoms with Crippen LogP contribution in [0, 0.1) is 32.6 Å². The van der Waals surface area contributed by atoms with E-state index in [0.29, 0.717) is 0 Å². The van der Waals surface area contributed by atoms with Crippen molar-refractivity contribution in [3.8, 4) is 17.6 Å². The van der Waals surface area contributed by atoms with Crippen LogP contribution in [-0.4, -0.2) is 7.11 Å². The molecule has 0 aliphatic carbocycles. The summed E-state index contributed by atoms with van der Waals surface area (Å²) in [6.45, 7) is 8.72. The van der Waals surface area contributed by atoms with Gasteiger partial charge in [-0.3, -0.25) is 0 Å². The Kier molecular flexibility index (Phi) is 5.38. The first-order valence-electron chi connectivity index (χ1n) is 9.25. The predicted molar refractivity (Wildman–Crippen MR) is 113 cm³/mol. The van der Waals surface area contributed by atoms with Crippen LogP contribution in [0.5, 0.6) is 5.75 Å². The Bertz CT molecular complexity index is 965. The number of methoxy groups -OCH3 is 1. The first-order valence-corrected chi connectivity index (χ1v) is 9.25. The quantitative estimate of drug-likeness (QED) is 0.526. The lowest BCUT2D eigenvalue weighted by molar-refractivity contribution is 0.414. The summed E-state index contributed by atoms with van der Waals surface area (Å²) in [7, 11) is 1.69. The molecule has 1 nitrogen and oxygen atoms in total. The molecule has 0 saturated carbocycles. The van der Waals surface area contributed by atoms with Crippen molar-refractivity contribution in [3.05, 3.63) is 100 Å². The van der Waals surface area contributed by atoms with E-state index in [1.165, 1.54) is 27.8 Å². The Hall–Kier alpha value is -2.98. The zero-order valence-corrected chi connectivity index (χ0v) is 16.8. The van der Waals surface area contributed by atoms with Crippen molar-refractivity contribution in [1.29, 1.82) is 0 Å². The lowest BCUT2D eigenvalue weighted by atomic mass is 9.72. The van der Waals surface area contributed by atoms with Crippen LogP contribution in [0.1, 0.15) is 40.3 Å². The fourth-order valence-corrected chi connectivity index (χ4v) is 3.89. The highest BCUT2D eigenvalue weighted by Crippen LogP contribution is 2.37. The van der Waals surface area contributed by atoms with E-state index in [4.69, 9.17) is 4.74 Å². The van der Waals surface area contributed by atoms with Gasteiger partial charge in [-0.05, 0) is 74.2 Å². The Balaban J connectivity index is 2.22. The van der Waals surface area contributed by atoms with Crippen molar-refractivity contribution in [2.75, 3.05) is 7.11 Å². The summed E-state index contributed by atoms with van der Waals surface area (Å²) in [4.78, 5) is 0. The molecule has 0 fully saturated rings. The maximum atomic E-state index is 5.34. The number of aryl methyl sites for hydroxylation is 3. The molecule has 0 saturated heterocycles. The molecule has 0 unspecified atom stereocenters. The molecule has 0 aliphatic rings. The van der Waals surface area contributed by atoms with Gasteiger partial charge >= 0.3 is 0 Å². The molecule has 136 valence electrons. The summed E-state index contributed by atoms with van der Waals surface area (Å²) in [6.07, 6.45) is 0. The third-order valence-electron chi connectivity index (χ3n) is 5.08. The SMILES string of the molecule is COc1ccc([C@@](C)(C#Cc2ccccc2)c2c(C)cc(C)cc2C)cc1. The number of rotatable bonds is 3. The molecule has 0 radical (unpaired) electrons. The van der Waals surface area contributed by atoms with Gasteiger partial charge in [0.2, 0.25) is 0 Å². The van der Waals surface area contributed by atoms with E-state index in [9.17, 15) is 0 Å². The van der Waals surface area contributed by atoms with E-state index >= 15 is 0 Å². The van der Waals surface area contributed by atoms with Gasteiger partial charge in [-0.1, -0.05) is 59.9 Å². The molecule has 1 heteroatoms. The molecule has 0 spiro atoms. The maximum absolute atomic E-state index is 5.34. The van der Waals surface area contributed by atoms with E-state index in [1.54, 1.807) is 7.11 Å². The molecule has 0 N–H and O–H groups in total. The fraction of sp³-hybridized carbons (Fsp3) is 0.231. The number of ether oxygens (including phenoxy) is 1. The zero-order chi connectivity index (χ0) is 19.4.